The summed E-state index contributed by atoms with van der Waals surface area (Å²) in [7, 11) is 1.63. The number of thioether (sulfide) groups is 1. The number of amides is 2. The summed E-state index contributed by atoms with van der Waals surface area (Å²) in [5.41, 5.74) is 1.40. The van der Waals surface area contributed by atoms with Crippen LogP contribution in [-0.2, 0) is 9.53 Å². The van der Waals surface area contributed by atoms with E-state index in [0.717, 1.165) is 0 Å². The van der Waals surface area contributed by atoms with Crippen LogP contribution < -0.4 is 16.0 Å². The Balaban J connectivity index is 1.55. The molecular formula is C20H20ClN5O3S2. The van der Waals surface area contributed by atoms with Crippen molar-refractivity contribution in [3.63, 3.8) is 0 Å². The zero-order valence-corrected chi connectivity index (χ0v) is 18.9. The summed E-state index contributed by atoms with van der Waals surface area (Å²) < 4.78 is 5.64. The van der Waals surface area contributed by atoms with Gasteiger partial charge in [-0.15, -0.1) is 10.2 Å². The van der Waals surface area contributed by atoms with Crippen molar-refractivity contribution in [2.75, 3.05) is 42.0 Å². The maximum absolute atomic E-state index is 12.7. The van der Waals surface area contributed by atoms with Crippen molar-refractivity contribution in [2.24, 2.45) is 0 Å². The molecule has 11 heteroatoms. The van der Waals surface area contributed by atoms with Crippen molar-refractivity contribution < 1.29 is 14.3 Å². The van der Waals surface area contributed by atoms with Crippen LogP contribution in [0.2, 0.25) is 5.02 Å². The van der Waals surface area contributed by atoms with Gasteiger partial charge in [0.2, 0.25) is 11.0 Å². The molecule has 0 aliphatic rings. The maximum Gasteiger partial charge on any atom is 0.257 e. The summed E-state index contributed by atoms with van der Waals surface area (Å²) >= 11 is 8.51. The highest BCUT2D eigenvalue weighted by Gasteiger charge is 2.14. The normalized spacial score (nSPS) is 10.5. The zero-order chi connectivity index (χ0) is 22.1. The van der Waals surface area contributed by atoms with Gasteiger partial charge in [0, 0.05) is 24.4 Å². The molecule has 0 atom stereocenters. The number of carbonyl (C=O) groups is 2. The van der Waals surface area contributed by atoms with Crippen LogP contribution in [-0.4, -0.2) is 48.0 Å². The molecule has 2 aromatic carbocycles. The Morgan fingerprint density at radius 1 is 1.10 bits per heavy atom. The molecule has 2 amide bonds. The lowest BCUT2D eigenvalue weighted by Crippen LogP contribution is -2.19. The second kappa shape index (κ2) is 11.7. The molecule has 31 heavy (non-hydrogen) atoms. The summed E-state index contributed by atoms with van der Waals surface area (Å²) in [6.45, 7) is 1.20. The summed E-state index contributed by atoms with van der Waals surface area (Å²) in [6.07, 6.45) is 0. The highest BCUT2D eigenvalue weighted by molar-refractivity contribution is 8.01. The zero-order valence-electron chi connectivity index (χ0n) is 16.6. The second-order valence-electron chi connectivity index (χ2n) is 6.14. The van der Waals surface area contributed by atoms with E-state index in [1.54, 1.807) is 55.6 Å². The van der Waals surface area contributed by atoms with Gasteiger partial charge in [-0.25, -0.2) is 0 Å². The Morgan fingerprint density at radius 3 is 2.65 bits per heavy atom. The molecule has 1 aromatic heterocycles. The lowest BCUT2D eigenvalue weighted by atomic mass is 10.1. The molecule has 0 aliphatic carbocycles. The average molecular weight is 478 g/mol. The number of aromatic nitrogens is 2. The summed E-state index contributed by atoms with van der Waals surface area (Å²) in [4.78, 5) is 25.1. The molecule has 0 radical (unpaired) electrons. The van der Waals surface area contributed by atoms with E-state index in [9.17, 15) is 9.59 Å². The summed E-state index contributed by atoms with van der Waals surface area (Å²) in [6, 6.07) is 13.6. The van der Waals surface area contributed by atoms with E-state index >= 15 is 0 Å². The topological polar surface area (TPSA) is 105 Å². The quantitative estimate of drug-likeness (QED) is 0.296. The molecule has 0 bridgehead atoms. The molecule has 162 valence electrons. The van der Waals surface area contributed by atoms with Crippen molar-refractivity contribution in [1.29, 1.82) is 0 Å². The van der Waals surface area contributed by atoms with Crippen LogP contribution in [0.3, 0.4) is 0 Å². The third-order valence-electron chi connectivity index (χ3n) is 3.86. The number of hydrogen-bond donors (Lipinski definition) is 3. The number of para-hydroxylation sites is 1. The molecule has 3 rings (SSSR count). The first-order valence-corrected chi connectivity index (χ1v) is 11.4. The van der Waals surface area contributed by atoms with Crippen LogP contribution >= 0.6 is 34.7 Å². The van der Waals surface area contributed by atoms with Gasteiger partial charge in [0.15, 0.2) is 4.34 Å². The Bertz CT molecular complexity index is 1030. The molecule has 0 spiro atoms. The Hall–Kier alpha value is -2.66. The second-order valence-corrected chi connectivity index (χ2v) is 8.77. The number of carbonyl (C=O) groups excluding carboxylic acids is 2. The molecule has 0 aliphatic heterocycles. The van der Waals surface area contributed by atoms with Gasteiger partial charge < -0.3 is 20.7 Å². The fraction of sp³-hybridized carbons (Fsp3) is 0.200. The predicted octanol–water partition coefficient (Wildman–Crippen LogP) is 4.23. The molecule has 8 nitrogen and oxygen atoms in total. The van der Waals surface area contributed by atoms with Gasteiger partial charge in [-0.3, -0.25) is 9.59 Å². The van der Waals surface area contributed by atoms with E-state index < -0.39 is 0 Å². The molecule has 0 unspecified atom stereocenters. The molecule has 1 heterocycles. The van der Waals surface area contributed by atoms with Crippen molar-refractivity contribution >= 4 is 63.0 Å². The third kappa shape index (κ3) is 7.21. The summed E-state index contributed by atoms with van der Waals surface area (Å²) in [5, 5.41) is 18.0. The number of benzene rings is 2. The highest BCUT2D eigenvalue weighted by atomic mass is 35.5. The van der Waals surface area contributed by atoms with Crippen molar-refractivity contribution in [3.8, 4) is 0 Å². The number of rotatable bonds is 10. The minimum atomic E-state index is -0.332. The first-order valence-electron chi connectivity index (χ1n) is 9.20. The third-order valence-corrected chi connectivity index (χ3v) is 6.13. The van der Waals surface area contributed by atoms with E-state index in [2.05, 4.69) is 26.1 Å². The lowest BCUT2D eigenvalue weighted by Gasteiger charge is -2.11. The first-order chi connectivity index (χ1) is 15.0. The van der Waals surface area contributed by atoms with E-state index in [1.807, 2.05) is 0 Å². The monoisotopic (exact) mass is 477 g/mol. The largest absolute Gasteiger partial charge is 0.383 e. The van der Waals surface area contributed by atoms with Crippen LogP contribution in [0.15, 0.2) is 52.9 Å². The average Bonchev–Trinajstić information content (AvgIpc) is 3.22. The van der Waals surface area contributed by atoms with Gasteiger partial charge >= 0.3 is 0 Å². The van der Waals surface area contributed by atoms with Gasteiger partial charge in [0.25, 0.3) is 5.91 Å². The van der Waals surface area contributed by atoms with Crippen molar-refractivity contribution in [1.82, 2.24) is 10.2 Å². The van der Waals surface area contributed by atoms with E-state index in [0.29, 0.717) is 44.6 Å². The minimum Gasteiger partial charge on any atom is -0.383 e. The lowest BCUT2D eigenvalue weighted by molar-refractivity contribution is -0.113. The highest BCUT2D eigenvalue weighted by Crippen LogP contribution is 2.26. The van der Waals surface area contributed by atoms with Crippen LogP contribution in [0.4, 0.5) is 16.5 Å². The number of ether oxygens (including phenoxy) is 1. The van der Waals surface area contributed by atoms with Crippen LogP contribution in [0.5, 0.6) is 0 Å². The number of methoxy groups -OCH3 is 1. The molecular weight excluding hydrogens is 458 g/mol. The van der Waals surface area contributed by atoms with Gasteiger partial charge in [0.1, 0.15) is 0 Å². The van der Waals surface area contributed by atoms with Crippen LogP contribution in [0.25, 0.3) is 0 Å². The van der Waals surface area contributed by atoms with Gasteiger partial charge in [-0.2, -0.15) is 0 Å². The number of nitrogens with one attached hydrogen (secondary N) is 3. The Morgan fingerprint density at radius 2 is 1.87 bits per heavy atom. The van der Waals surface area contributed by atoms with E-state index in [4.69, 9.17) is 16.3 Å². The van der Waals surface area contributed by atoms with Crippen molar-refractivity contribution in [2.45, 2.75) is 4.34 Å². The molecule has 3 N–H and O–H groups in total. The van der Waals surface area contributed by atoms with E-state index in [1.165, 1.54) is 23.1 Å². The number of halogens is 1. The summed E-state index contributed by atoms with van der Waals surface area (Å²) in [5.74, 6) is -0.442. The number of hydrogen-bond acceptors (Lipinski definition) is 8. The predicted molar refractivity (Wildman–Crippen MR) is 125 cm³/mol. The molecule has 3 aromatic rings. The van der Waals surface area contributed by atoms with E-state index in [-0.39, 0.29) is 17.6 Å². The standard InChI is InChI=1S/C20H20ClN5O3S2/c1-29-11-10-22-19-25-26-20(31-19)30-12-17(27)24-16-5-3-2-4-15(16)18(28)23-14-8-6-13(21)7-9-14/h2-9H,10-12H2,1H3,(H,22,25)(H,23,28)(H,24,27). The van der Waals surface area contributed by atoms with Gasteiger partial charge in [-0.1, -0.05) is 46.8 Å². The fourth-order valence-electron chi connectivity index (χ4n) is 2.43. The van der Waals surface area contributed by atoms with Gasteiger partial charge in [0.05, 0.1) is 23.6 Å². The van der Waals surface area contributed by atoms with Crippen molar-refractivity contribution in [3.05, 3.63) is 59.1 Å². The SMILES string of the molecule is COCCNc1nnc(SCC(=O)Nc2ccccc2C(=O)Nc2ccc(Cl)cc2)s1. The molecule has 0 saturated heterocycles. The number of nitrogens with zero attached hydrogens (tertiary/aromatic N) is 2. The molecule has 0 fully saturated rings. The maximum atomic E-state index is 12.7. The molecule has 0 saturated carbocycles. The van der Waals surface area contributed by atoms with Gasteiger partial charge in [-0.05, 0) is 36.4 Å². The first kappa shape index (κ1) is 23.0. The number of anilines is 3. The van der Waals surface area contributed by atoms with Crippen LogP contribution in [0.1, 0.15) is 10.4 Å². The minimum absolute atomic E-state index is 0.139. The smallest absolute Gasteiger partial charge is 0.257 e. The van der Waals surface area contributed by atoms with Crippen LogP contribution in [0, 0.1) is 0 Å². The Kier molecular flexibility index (Phi) is 8.65. The fourth-order valence-corrected chi connectivity index (χ4v) is 4.14. The Labute approximate surface area is 192 Å².